The normalized spacial score (nSPS) is 10.9. The first-order valence-electron chi connectivity index (χ1n) is 7.18. The number of benzene rings is 1. The van der Waals surface area contributed by atoms with Crippen LogP contribution in [-0.4, -0.2) is 18.1 Å². The number of anilines is 1. The number of nitrogens with zero attached hydrogens (tertiary/aromatic N) is 2. The van der Waals surface area contributed by atoms with E-state index < -0.39 is 0 Å². The maximum Gasteiger partial charge on any atom is 0.0471 e. The Bertz CT molecular complexity index is 570. The van der Waals surface area contributed by atoms with Crippen LogP contribution in [0.4, 0.5) is 5.69 Å². The molecule has 0 radical (unpaired) electrons. The van der Waals surface area contributed by atoms with Crippen molar-refractivity contribution in [1.82, 2.24) is 10.3 Å². The summed E-state index contributed by atoms with van der Waals surface area (Å²) in [4.78, 5) is 6.22. The van der Waals surface area contributed by atoms with E-state index in [1.165, 1.54) is 5.56 Å². The molecule has 1 aromatic carbocycles. The number of nitrogens with one attached hydrogen (secondary N) is 1. The zero-order valence-corrected chi connectivity index (χ0v) is 13.6. The summed E-state index contributed by atoms with van der Waals surface area (Å²) in [6.07, 6.45) is 3.63. The summed E-state index contributed by atoms with van der Waals surface area (Å²) in [5.74, 6) is 0. The van der Waals surface area contributed by atoms with Gasteiger partial charge >= 0.3 is 0 Å². The minimum Gasteiger partial charge on any atom is -0.370 e. The molecule has 0 saturated heterocycles. The summed E-state index contributed by atoms with van der Waals surface area (Å²) in [7, 11) is 2.07. The van der Waals surface area contributed by atoms with Gasteiger partial charge in [-0.15, -0.1) is 0 Å². The van der Waals surface area contributed by atoms with Crippen LogP contribution in [-0.2, 0) is 13.1 Å². The standard InChI is InChI=1S/C17H22ClN3/c1-13(2)20-11-15-4-5-16(10-17(15)18)21(3)12-14-6-8-19-9-7-14/h4-10,13,20H,11-12H2,1-3H3. The van der Waals surface area contributed by atoms with Crippen molar-refractivity contribution in [2.75, 3.05) is 11.9 Å². The smallest absolute Gasteiger partial charge is 0.0471 e. The second kappa shape index (κ2) is 7.43. The first-order chi connectivity index (χ1) is 10.1. The lowest BCUT2D eigenvalue weighted by atomic mass is 10.1. The molecule has 0 aliphatic heterocycles. The SMILES string of the molecule is CC(C)NCc1ccc(N(C)Cc2ccncc2)cc1Cl. The molecule has 0 aliphatic rings. The highest BCUT2D eigenvalue weighted by Crippen LogP contribution is 2.24. The number of rotatable bonds is 6. The van der Waals surface area contributed by atoms with E-state index in [-0.39, 0.29) is 0 Å². The Labute approximate surface area is 132 Å². The highest BCUT2D eigenvalue weighted by molar-refractivity contribution is 6.31. The van der Waals surface area contributed by atoms with Crippen LogP contribution in [0.25, 0.3) is 0 Å². The summed E-state index contributed by atoms with van der Waals surface area (Å²) < 4.78 is 0. The third kappa shape index (κ3) is 4.73. The lowest BCUT2D eigenvalue weighted by Gasteiger charge is -2.20. The van der Waals surface area contributed by atoms with Crippen molar-refractivity contribution in [2.24, 2.45) is 0 Å². The molecule has 0 fully saturated rings. The Hall–Kier alpha value is -1.58. The predicted molar refractivity (Wildman–Crippen MR) is 89.8 cm³/mol. The van der Waals surface area contributed by atoms with Crippen LogP contribution in [0.15, 0.2) is 42.7 Å². The Balaban J connectivity index is 2.05. The van der Waals surface area contributed by atoms with E-state index in [9.17, 15) is 0 Å². The van der Waals surface area contributed by atoms with Crippen molar-refractivity contribution in [2.45, 2.75) is 33.0 Å². The molecule has 1 N–H and O–H groups in total. The van der Waals surface area contributed by atoms with Gasteiger partial charge in [-0.2, -0.15) is 0 Å². The second-order valence-electron chi connectivity index (χ2n) is 5.52. The predicted octanol–water partition coefficient (Wildman–Crippen LogP) is 3.87. The maximum absolute atomic E-state index is 6.38. The van der Waals surface area contributed by atoms with E-state index in [0.29, 0.717) is 6.04 Å². The van der Waals surface area contributed by atoms with E-state index in [4.69, 9.17) is 11.6 Å². The number of pyridine rings is 1. The number of halogens is 1. The van der Waals surface area contributed by atoms with Gasteiger partial charge in [0.05, 0.1) is 0 Å². The molecule has 2 aromatic rings. The summed E-state index contributed by atoms with van der Waals surface area (Å²) in [5, 5.41) is 4.19. The molecule has 0 spiro atoms. The van der Waals surface area contributed by atoms with Crippen LogP contribution in [0.2, 0.25) is 5.02 Å². The van der Waals surface area contributed by atoms with Gasteiger partial charge in [0.15, 0.2) is 0 Å². The highest BCUT2D eigenvalue weighted by Gasteiger charge is 2.06. The fourth-order valence-electron chi connectivity index (χ4n) is 2.08. The minimum atomic E-state index is 0.454. The van der Waals surface area contributed by atoms with Crippen LogP contribution >= 0.6 is 11.6 Å². The molecule has 21 heavy (non-hydrogen) atoms. The molecule has 4 heteroatoms. The van der Waals surface area contributed by atoms with Gasteiger partial charge < -0.3 is 10.2 Å². The summed E-state index contributed by atoms with van der Waals surface area (Å²) in [6.45, 7) is 5.89. The first-order valence-corrected chi connectivity index (χ1v) is 7.56. The molecule has 1 aromatic heterocycles. The van der Waals surface area contributed by atoms with Gasteiger partial charge in [-0.25, -0.2) is 0 Å². The Kier molecular flexibility index (Phi) is 5.59. The molecule has 1 heterocycles. The fourth-order valence-corrected chi connectivity index (χ4v) is 2.33. The van der Waals surface area contributed by atoms with E-state index in [1.807, 2.05) is 30.6 Å². The van der Waals surface area contributed by atoms with Gasteiger partial charge in [0.1, 0.15) is 0 Å². The van der Waals surface area contributed by atoms with E-state index in [2.05, 4.69) is 48.2 Å². The van der Waals surface area contributed by atoms with Crippen LogP contribution in [0.1, 0.15) is 25.0 Å². The highest BCUT2D eigenvalue weighted by atomic mass is 35.5. The summed E-state index contributed by atoms with van der Waals surface area (Å²) in [5.41, 5.74) is 3.48. The van der Waals surface area contributed by atoms with E-state index in [0.717, 1.165) is 29.4 Å². The molecular formula is C17H22ClN3. The molecule has 0 aliphatic carbocycles. The Morgan fingerprint density at radius 3 is 2.52 bits per heavy atom. The van der Waals surface area contributed by atoms with Crippen molar-refractivity contribution < 1.29 is 0 Å². The van der Waals surface area contributed by atoms with Gasteiger partial charge in [-0.3, -0.25) is 4.98 Å². The van der Waals surface area contributed by atoms with Crippen molar-refractivity contribution in [3.05, 3.63) is 58.9 Å². The molecule has 0 atom stereocenters. The lowest BCUT2D eigenvalue weighted by Crippen LogP contribution is -2.22. The van der Waals surface area contributed by atoms with Crippen LogP contribution < -0.4 is 10.2 Å². The monoisotopic (exact) mass is 303 g/mol. The molecule has 0 amide bonds. The van der Waals surface area contributed by atoms with Crippen molar-refractivity contribution in [3.8, 4) is 0 Å². The number of hydrogen-bond acceptors (Lipinski definition) is 3. The van der Waals surface area contributed by atoms with Gasteiger partial charge in [-0.05, 0) is 35.4 Å². The van der Waals surface area contributed by atoms with Crippen LogP contribution in [0.5, 0.6) is 0 Å². The zero-order chi connectivity index (χ0) is 15.2. The van der Waals surface area contributed by atoms with Crippen molar-refractivity contribution in [3.63, 3.8) is 0 Å². The largest absolute Gasteiger partial charge is 0.370 e. The topological polar surface area (TPSA) is 28.2 Å². The summed E-state index contributed by atoms with van der Waals surface area (Å²) in [6, 6.07) is 10.7. The maximum atomic E-state index is 6.38. The summed E-state index contributed by atoms with van der Waals surface area (Å²) >= 11 is 6.38. The molecule has 0 unspecified atom stereocenters. The van der Waals surface area contributed by atoms with E-state index in [1.54, 1.807) is 0 Å². The average Bonchev–Trinajstić information content (AvgIpc) is 2.46. The molecule has 0 saturated carbocycles. The molecule has 112 valence electrons. The Morgan fingerprint density at radius 1 is 1.19 bits per heavy atom. The zero-order valence-electron chi connectivity index (χ0n) is 12.8. The molecule has 3 nitrogen and oxygen atoms in total. The van der Waals surface area contributed by atoms with Gasteiger partial charge in [0, 0.05) is 49.3 Å². The van der Waals surface area contributed by atoms with Crippen LogP contribution in [0.3, 0.4) is 0 Å². The number of aromatic nitrogens is 1. The third-order valence-electron chi connectivity index (χ3n) is 3.35. The average molecular weight is 304 g/mol. The second-order valence-corrected chi connectivity index (χ2v) is 5.93. The van der Waals surface area contributed by atoms with Crippen molar-refractivity contribution >= 4 is 17.3 Å². The quantitative estimate of drug-likeness (QED) is 0.878. The fraction of sp³-hybridized carbons (Fsp3) is 0.353. The number of hydrogen-bond donors (Lipinski definition) is 1. The molecule has 2 rings (SSSR count). The minimum absolute atomic E-state index is 0.454. The Morgan fingerprint density at radius 2 is 1.90 bits per heavy atom. The molecule has 0 bridgehead atoms. The van der Waals surface area contributed by atoms with Gasteiger partial charge in [0.2, 0.25) is 0 Å². The van der Waals surface area contributed by atoms with Crippen molar-refractivity contribution in [1.29, 1.82) is 0 Å². The van der Waals surface area contributed by atoms with Gasteiger partial charge in [0.25, 0.3) is 0 Å². The first kappa shape index (κ1) is 15.8. The lowest BCUT2D eigenvalue weighted by molar-refractivity contribution is 0.589. The van der Waals surface area contributed by atoms with Crippen LogP contribution in [0, 0.1) is 0 Å². The van der Waals surface area contributed by atoms with E-state index >= 15 is 0 Å². The molecular weight excluding hydrogens is 282 g/mol. The third-order valence-corrected chi connectivity index (χ3v) is 3.70. The van der Waals surface area contributed by atoms with Gasteiger partial charge in [-0.1, -0.05) is 31.5 Å².